The third-order valence-electron chi connectivity index (χ3n) is 3.56. The van der Waals surface area contributed by atoms with Crippen molar-refractivity contribution in [2.45, 2.75) is 16.1 Å². The Labute approximate surface area is 160 Å². The molecule has 1 aromatic heterocycles. The fraction of sp³-hybridized carbons (Fsp3) is 0.0526. The Morgan fingerprint density at radius 3 is 2.42 bits per heavy atom. The van der Waals surface area contributed by atoms with Crippen molar-refractivity contribution >= 4 is 27.7 Å². The molecule has 0 aliphatic heterocycles. The first-order valence-electron chi connectivity index (χ1n) is 7.38. The monoisotopic (exact) mass is 434 g/mol. The molecule has 0 saturated carbocycles. The maximum absolute atomic E-state index is 13.0. The minimum Gasteiger partial charge on any atom is -0.248 e. The highest BCUT2D eigenvalue weighted by Crippen LogP contribution is 2.36. The number of nitriles is 1. The summed E-state index contributed by atoms with van der Waals surface area (Å²) >= 11 is 4.64. The Bertz CT molecular complexity index is 979. The fourth-order valence-electron chi connectivity index (χ4n) is 2.35. The van der Waals surface area contributed by atoms with E-state index in [9.17, 15) is 18.4 Å². The van der Waals surface area contributed by atoms with Gasteiger partial charge in [0.15, 0.2) is 0 Å². The standard InChI is InChI=1S/C19H10BrF3N2S/c20-14-4-6-15(7-5-14)26-18-17(11-24)16(8-9-25-18)12-2-1-3-13(10-12)19(21,22)23/h1-10H. The first-order valence-corrected chi connectivity index (χ1v) is 8.99. The molecule has 0 atom stereocenters. The molecule has 0 amide bonds. The molecule has 3 aromatic rings. The molecule has 130 valence electrons. The minimum atomic E-state index is -4.44. The van der Waals surface area contributed by atoms with Gasteiger partial charge in [0.2, 0.25) is 0 Å². The Hall–Kier alpha value is -2.30. The molecule has 0 radical (unpaired) electrons. The lowest BCUT2D eigenvalue weighted by Crippen LogP contribution is -2.04. The van der Waals surface area contributed by atoms with Gasteiger partial charge in [-0.3, -0.25) is 0 Å². The maximum atomic E-state index is 13.0. The number of aromatic nitrogens is 1. The van der Waals surface area contributed by atoms with Gasteiger partial charge in [0, 0.05) is 21.1 Å². The summed E-state index contributed by atoms with van der Waals surface area (Å²) in [6, 6.07) is 16.0. The number of hydrogen-bond donors (Lipinski definition) is 0. The summed E-state index contributed by atoms with van der Waals surface area (Å²) in [7, 11) is 0. The molecule has 0 unspecified atom stereocenters. The van der Waals surface area contributed by atoms with Crippen LogP contribution < -0.4 is 0 Å². The highest BCUT2D eigenvalue weighted by Gasteiger charge is 2.30. The molecule has 2 aromatic carbocycles. The van der Waals surface area contributed by atoms with Crippen LogP contribution in [0.15, 0.2) is 75.2 Å². The summed E-state index contributed by atoms with van der Waals surface area (Å²) in [5.41, 5.74) is 0.252. The van der Waals surface area contributed by atoms with Gasteiger partial charge in [0.05, 0.1) is 11.1 Å². The van der Waals surface area contributed by atoms with Gasteiger partial charge in [-0.2, -0.15) is 18.4 Å². The third-order valence-corrected chi connectivity index (χ3v) is 5.10. The van der Waals surface area contributed by atoms with Gasteiger partial charge in [-0.15, -0.1) is 0 Å². The molecule has 0 aliphatic rings. The van der Waals surface area contributed by atoms with E-state index in [4.69, 9.17) is 0 Å². The second kappa shape index (κ2) is 7.52. The molecule has 7 heteroatoms. The average molecular weight is 435 g/mol. The topological polar surface area (TPSA) is 36.7 Å². The Morgan fingerprint density at radius 1 is 1.04 bits per heavy atom. The molecule has 2 nitrogen and oxygen atoms in total. The van der Waals surface area contributed by atoms with Crippen LogP contribution in [0.1, 0.15) is 11.1 Å². The second-order valence-electron chi connectivity index (χ2n) is 5.29. The van der Waals surface area contributed by atoms with E-state index in [2.05, 4.69) is 27.0 Å². The number of nitrogens with zero attached hydrogens (tertiary/aromatic N) is 2. The normalized spacial score (nSPS) is 11.2. The Kier molecular flexibility index (Phi) is 5.35. The van der Waals surface area contributed by atoms with Crippen LogP contribution in [0.25, 0.3) is 11.1 Å². The molecule has 0 spiro atoms. The lowest BCUT2D eigenvalue weighted by molar-refractivity contribution is -0.137. The molecule has 0 saturated heterocycles. The third kappa shape index (κ3) is 4.09. The highest BCUT2D eigenvalue weighted by molar-refractivity contribution is 9.10. The van der Waals surface area contributed by atoms with Crippen LogP contribution in [0.2, 0.25) is 0 Å². The summed E-state index contributed by atoms with van der Waals surface area (Å²) in [4.78, 5) is 5.10. The predicted octanol–water partition coefficient (Wildman–Crippen LogP) is 6.55. The van der Waals surface area contributed by atoms with Crippen molar-refractivity contribution in [2.75, 3.05) is 0 Å². The van der Waals surface area contributed by atoms with E-state index in [1.54, 1.807) is 12.1 Å². The average Bonchev–Trinajstić information content (AvgIpc) is 2.63. The smallest absolute Gasteiger partial charge is 0.248 e. The van der Waals surface area contributed by atoms with Gasteiger partial charge in [-0.1, -0.05) is 39.8 Å². The summed E-state index contributed by atoms with van der Waals surface area (Å²) in [6.07, 6.45) is -2.94. The molecular weight excluding hydrogens is 425 g/mol. The molecule has 0 N–H and O–H groups in total. The largest absolute Gasteiger partial charge is 0.416 e. The van der Waals surface area contributed by atoms with Crippen molar-refractivity contribution < 1.29 is 13.2 Å². The van der Waals surface area contributed by atoms with E-state index >= 15 is 0 Å². The van der Waals surface area contributed by atoms with Crippen LogP contribution in [-0.2, 0) is 6.18 Å². The Balaban J connectivity index is 2.04. The molecule has 26 heavy (non-hydrogen) atoms. The van der Waals surface area contributed by atoms with Gasteiger partial charge in [0.1, 0.15) is 11.1 Å². The molecule has 1 heterocycles. The van der Waals surface area contributed by atoms with E-state index in [0.29, 0.717) is 16.2 Å². The lowest BCUT2D eigenvalue weighted by Gasteiger charge is -2.11. The molecule has 0 fully saturated rings. The molecule has 0 bridgehead atoms. The van der Waals surface area contributed by atoms with Crippen LogP contribution in [-0.4, -0.2) is 4.98 Å². The first kappa shape index (κ1) is 18.5. The van der Waals surface area contributed by atoms with Crippen LogP contribution >= 0.6 is 27.7 Å². The number of halogens is 4. The summed E-state index contributed by atoms with van der Waals surface area (Å²) in [5, 5.41) is 10.0. The van der Waals surface area contributed by atoms with Gasteiger partial charge >= 0.3 is 6.18 Å². The minimum absolute atomic E-state index is 0.250. The van der Waals surface area contributed by atoms with Gasteiger partial charge in [-0.25, -0.2) is 4.98 Å². The van der Waals surface area contributed by atoms with Crippen molar-refractivity contribution in [2.24, 2.45) is 0 Å². The predicted molar refractivity (Wildman–Crippen MR) is 97.7 cm³/mol. The van der Waals surface area contributed by atoms with E-state index in [-0.39, 0.29) is 5.56 Å². The number of benzene rings is 2. The van der Waals surface area contributed by atoms with Crippen molar-refractivity contribution in [3.8, 4) is 17.2 Å². The van der Waals surface area contributed by atoms with Crippen LogP contribution in [0.5, 0.6) is 0 Å². The number of hydrogen-bond acceptors (Lipinski definition) is 3. The van der Waals surface area contributed by atoms with Crippen molar-refractivity contribution in [1.82, 2.24) is 4.98 Å². The van der Waals surface area contributed by atoms with Crippen molar-refractivity contribution in [3.63, 3.8) is 0 Å². The SMILES string of the molecule is N#Cc1c(-c2cccc(C(F)(F)F)c2)ccnc1Sc1ccc(Br)cc1. The molecule has 3 rings (SSSR count). The van der Waals surface area contributed by atoms with E-state index in [1.807, 2.05) is 24.3 Å². The zero-order chi connectivity index (χ0) is 18.7. The fourth-order valence-corrected chi connectivity index (χ4v) is 3.48. The van der Waals surface area contributed by atoms with E-state index in [0.717, 1.165) is 21.5 Å². The van der Waals surface area contributed by atoms with E-state index in [1.165, 1.54) is 24.0 Å². The molecular formula is C19H10BrF3N2S. The van der Waals surface area contributed by atoms with Gasteiger partial charge in [-0.05, 0) is 48.0 Å². The second-order valence-corrected chi connectivity index (χ2v) is 7.26. The molecule has 0 aliphatic carbocycles. The number of pyridine rings is 1. The highest BCUT2D eigenvalue weighted by atomic mass is 79.9. The zero-order valence-corrected chi connectivity index (χ0v) is 15.5. The van der Waals surface area contributed by atoms with Crippen LogP contribution in [0.4, 0.5) is 13.2 Å². The number of alkyl halides is 3. The number of rotatable bonds is 3. The van der Waals surface area contributed by atoms with Crippen LogP contribution in [0, 0.1) is 11.3 Å². The first-order chi connectivity index (χ1) is 12.4. The van der Waals surface area contributed by atoms with E-state index < -0.39 is 11.7 Å². The quantitative estimate of drug-likeness (QED) is 0.468. The summed E-state index contributed by atoms with van der Waals surface area (Å²) < 4.78 is 39.9. The van der Waals surface area contributed by atoms with Gasteiger partial charge in [0.25, 0.3) is 0 Å². The van der Waals surface area contributed by atoms with Crippen molar-refractivity contribution in [3.05, 3.63) is 76.4 Å². The summed E-state index contributed by atoms with van der Waals surface area (Å²) in [6.45, 7) is 0. The van der Waals surface area contributed by atoms with Gasteiger partial charge < -0.3 is 0 Å². The maximum Gasteiger partial charge on any atom is 0.416 e. The van der Waals surface area contributed by atoms with Crippen LogP contribution in [0.3, 0.4) is 0 Å². The zero-order valence-electron chi connectivity index (χ0n) is 13.1. The Morgan fingerprint density at radius 2 is 1.77 bits per heavy atom. The summed E-state index contributed by atoms with van der Waals surface area (Å²) in [5.74, 6) is 0. The van der Waals surface area contributed by atoms with Crippen molar-refractivity contribution in [1.29, 1.82) is 5.26 Å². The lowest BCUT2D eigenvalue weighted by atomic mass is 10.0.